The standard InChI is InChI=1S/C38H48FN9O3/c1-24(2)51-33-9-5-27(20-40-33)35-30-19-28(6-8-32(30)42-43-35)48-17-13-38(37(48)50)12-16-46(22-38)21-34(49)47-14-10-25(11-15-47)29-7-4-26(18-31(29)39)36-41-23-45(3)44-36/h4-5,7,9-10,18,20,23-24,28,30,32,35,42-43H,6,8,11-17,19,21-22H2,1-3H3/t28?,30?,32?,35?,38-/m0/s1. The highest BCUT2D eigenvalue weighted by molar-refractivity contribution is 5.86. The Kier molecular flexibility index (Phi) is 9.14. The molecule has 0 radical (unpaired) electrons. The second-order valence-corrected chi connectivity index (χ2v) is 15.3. The van der Waals surface area contributed by atoms with Gasteiger partial charge in [-0.25, -0.2) is 19.8 Å². The summed E-state index contributed by atoms with van der Waals surface area (Å²) in [5, 5.41) is 4.26. The van der Waals surface area contributed by atoms with E-state index in [1.807, 2.05) is 43.2 Å². The summed E-state index contributed by atoms with van der Waals surface area (Å²) in [5.74, 6) is 1.50. The minimum Gasteiger partial charge on any atom is -0.475 e. The molecule has 6 heterocycles. The van der Waals surface area contributed by atoms with Gasteiger partial charge in [0.15, 0.2) is 5.82 Å². The van der Waals surface area contributed by atoms with Crippen LogP contribution < -0.4 is 15.6 Å². The highest BCUT2D eigenvalue weighted by atomic mass is 19.1. The van der Waals surface area contributed by atoms with Crippen LogP contribution in [-0.4, -0.2) is 104 Å². The van der Waals surface area contributed by atoms with Crippen LogP contribution in [0.1, 0.15) is 69.5 Å². The van der Waals surface area contributed by atoms with Gasteiger partial charge in [0.1, 0.15) is 12.1 Å². The number of hydrogen-bond donors (Lipinski definition) is 2. The molecule has 2 aromatic heterocycles. The van der Waals surface area contributed by atoms with Gasteiger partial charge in [0.2, 0.25) is 17.7 Å². The zero-order chi connectivity index (χ0) is 35.3. The number of ether oxygens (including phenoxy) is 1. The number of halogens is 1. The number of aromatic nitrogens is 4. The van der Waals surface area contributed by atoms with Gasteiger partial charge >= 0.3 is 0 Å². The summed E-state index contributed by atoms with van der Waals surface area (Å²) >= 11 is 0. The van der Waals surface area contributed by atoms with Crippen molar-refractivity contribution < 1.29 is 18.7 Å². The Morgan fingerprint density at radius 1 is 1.10 bits per heavy atom. The number of pyridine rings is 1. The van der Waals surface area contributed by atoms with Crippen LogP contribution in [0.15, 0.2) is 48.9 Å². The Morgan fingerprint density at radius 2 is 1.96 bits per heavy atom. The molecule has 1 saturated carbocycles. The summed E-state index contributed by atoms with van der Waals surface area (Å²) < 4.78 is 22.5. The van der Waals surface area contributed by atoms with E-state index >= 15 is 4.39 Å². The van der Waals surface area contributed by atoms with E-state index in [2.05, 4.69) is 41.8 Å². The predicted octanol–water partition coefficient (Wildman–Crippen LogP) is 3.73. The van der Waals surface area contributed by atoms with Crippen molar-refractivity contribution >= 4 is 17.4 Å². The number of aryl methyl sites for hydroxylation is 1. The molecule has 2 N–H and O–H groups in total. The lowest BCUT2D eigenvalue weighted by Crippen LogP contribution is -2.47. The van der Waals surface area contributed by atoms with Crippen molar-refractivity contribution in [2.75, 3.05) is 39.3 Å². The van der Waals surface area contributed by atoms with Crippen LogP contribution in [0.25, 0.3) is 17.0 Å². The molecule has 8 rings (SSSR count). The zero-order valence-corrected chi connectivity index (χ0v) is 29.7. The molecule has 4 aliphatic heterocycles. The third kappa shape index (κ3) is 6.67. The third-order valence-electron chi connectivity index (χ3n) is 11.7. The molecule has 1 aliphatic carbocycles. The molecule has 4 unspecified atom stereocenters. The van der Waals surface area contributed by atoms with Gasteiger partial charge in [-0.15, -0.1) is 0 Å². The van der Waals surface area contributed by atoms with Crippen LogP contribution in [0.4, 0.5) is 4.39 Å². The van der Waals surface area contributed by atoms with E-state index in [4.69, 9.17) is 4.74 Å². The van der Waals surface area contributed by atoms with Gasteiger partial charge in [-0.3, -0.25) is 24.6 Å². The van der Waals surface area contributed by atoms with Gasteiger partial charge in [0.05, 0.1) is 24.1 Å². The average molecular weight is 698 g/mol. The third-order valence-corrected chi connectivity index (χ3v) is 11.7. The highest BCUT2D eigenvalue weighted by Gasteiger charge is 2.53. The largest absolute Gasteiger partial charge is 0.475 e. The first-order valence-electron chi connectivity index (χ1n) is 18.5. The molecule has 4 fully saturated rings. The molecular weight excluding hydrogens is 649 g/mol. The molecule has 1 aromatic carbocycles. The second kappa shape index (κ2) is 13.7. The van der Waals surface area contributed by atoms with E-state index < -0.39 is 5.41 Å². The van der Waals surface area contributed by atoms with E-state index in [0.717, 1.165) is 56.3 Å². The predicted molar refractivity (Wildman–Crippen MR) is 189 cm³/mol. The number of nitrogens with one attached hydrogen (secondary N) is 2. The number of fused-ring (bicyclic) bond motifs is 1. The SMILES string of the molecule is CC(C)Oc1ccc(C2NNC3CCC(N4CC[C@]5(CCN(CC(=O)N6CC=C(c7ccc(-c8ncn(C)n8)cc7F)CC6)C5)C4=O)CC32)cn1. The quantitative estimate of drug-likeness (QED) is 0.363. The number of benzene rings is 1. The van der Waals surface area contributed by atoms with E-state index in [1.165, 1.54) is 6.07 Å². The normalized spacial score (nSPS) is 28.2. The van der Waals surface area contributed by atoms with Crippen molar-refractivity contribution in [3.8, 4) is 17.3 Å². The maximum Gasteiger partial charge on any atom is 0.237 e. The number of hydrazine groups is 1. The number of amides is 2. The van der Waals surface area contributed by atoms with E-state index in [9.17, 15) is 9.59 Å². The monoisotopic (exact) mass is 697 g/mol. The summed E-state index contributed by atoms with van der Waals surface area (Å²) in [7, 11) is 1.78. The van der Waals surface area contributed by atoms with E-state index in [0.29, 0.717) is 67.4 Å². The molecular formula is C38H48FN9O3. The van der Waals surface area contributed by atoms with E-state index in [1.54, 1.807) is 24.1 Å². The van der Waals surface area contributed by atoms with Gasteiger partial charge in [-0.1, -0.05) is 24.3 Å². The lowest BCUT2D eigenvalue weighted by Gasteiger charge is -2.38. The summed E-state index contributed by atoms with van der Waals surface area (Å²) in [6.45, 7) is 7.45. The summed E-state index contributed by atoms with van der Waals surface area (Å²) in [4.78, 5) is 42.5. The van der Waals surface area contributed by atoms with Crippen molar-refractivity contribution in [3.05, 3.63) is 65.9 Å². The number of likely N-dealkylation sites (tertiary alicyclic amines) is 2. The molecule has 5 aliphatic rings. The fourth-order valence-electron chi connectivity index (χ4n) is 9.02. The van der Waals surface area contributed by atoms with Crippen LogP contribution in [0.5, 0.6) is 5.88 Å². The van der Waals surface area contributed by atoms with Gasteiger partial charge in [-0.2, -0.15) is 5.10 Å². The van der Waals surface area contributed by atoms with Crippen LogP contribution >= 0.6 is 0 Å². The van der Waals surface area contributed by atoms with Crippen molar-refractivity contribution in [3.63, 3.8) is 0 Å². The van der Waals surface area contributed by atoms with Gasteiger partial charge in [0.25, 0.3) is 0 Å². The molecule has 51 heavy (non-hydrogen) atoms. The highest BCUT2D eigenvalue weighted by Crippen LogP contribution is 2.45. The molecule has 270 valence electrons. The Morgan fingerprint density at radius 3 is 2.69 bits per heavy atom. The van der Waals surface area contributed by atoms with Crippen LogP contribution in [0, 0.1) is 17.2 Å². The van der Waals surface area contributed by atoms with Crippen molar-refractivity contribution in [2.24, 2.45) is 18.4 Å². The van der Waals surface area contributed by atoms with Gasteiger partial charge < -0.3 is 14.5 Å². The van der Waals surface area contributed by atoms with Crippen molar-refractivity contribution in [1.82, 2.24) is 45.3 Å². The topological polar surface area (TPSA) is 121 Å². The fraction of sp³-hybridized carbons (Fsp3) is 0.553. The van der Waals surface area contributed by atoms with Crippen molar-refractivity contribution in [2.45, 2.75) is 76.6 Å². The molecule has 5 atom stereocenters. The smallest absolute Gasteiger partial charge is 0.237 e. The number of nitrogens with zero attached hydrogens (tertiary/aromatic N) is 7. The lowest BCUT2D eigenvalue weighted by atomic mass is 9.77. The maximum absolute atomic E-state index is 15.1. The summed E-state index contributed by atoms with van der Waals surface area (Å²) in [6.07, 6.45) is 10.7. The number of carbonyl (C=O) groups is 2. The first-order chi connectivity index (χ1) is 24.7. The molecule has 0 bridgehead atoms. The maximum atomic E-state index is 15.1. The Hall–Kier alpha value is -4.20. The molecule has 12 nitrogen and oxygen atoms in total. The van der Waals surface area contributed by atoms with Crippen LogP contribution in [-0.2, 0) is 16.6 Å². The van der Waals surface area contributed by atoms with Gasteiger partial charge in [-0.05, 0) is 82.0 Å². The Balaban J connectivity index is 0.848. The van der Waals surface area contributed by atoms with Gasteiger partial charge in [0, 0.05) is 68.7 Å². The minimum absolute atomic E-state index is 0.0607. The summed E-state index contributed by atoms with van der Waals surface area (Å²) in [5.41, 5.74) is 9.86. The first-order valence-corrected chi connectivity index (χ1v) is 18.5. The minimum atomic E-state index is -0.400. The first kappa shape index (κ1) is 33.9. The fourth-order valence-corrected chi connectivity index (χ4v) is 9.02. The molecule has 2 amide bonds. The number of rotatable bonds is 8. The Labute approximate surface area is 298 Å². The van der Waals surface area contributed by atoms with Crippen molar-refractivity contribution in [1.29, 1.82) is 0 Å². The van der Waals surface area contributed by atoms with Crippen LogP contribution in [0.2, 0.25) is 0 Å². The molecule has 1 spiro atoms. The number of hydrogen-bond acceptors (Lipinski definition) is 9. The van der Waals surface area contributed by atoms with Crippen LogP contribution in [0.3, 0.4) is 0 Å². The number of carbonyl (C=O) groups excluding carboxylic acids is 2. The molecule has 3 saturated heterocycles. The average Bonchev–Trinajstić information content (AvgIpc) is 3.92. The van der Waals surface area contributed by atoms with E-state index in [-0.39, 0.29) is 35.8 Å². The molecule has 13 heteroatoms. The zero-order valence-electron chi connectivity index (χ0n) is 29.7. The second-order valence-electron chi connectivity index (χ2n) is 15.3. The Bertz CT molecular complexity index is 1810. The molecule has 3 aromatic rings. The summed E-state index contributed by atoms with van der Waals surface area (Å²) in [6, 6.07) is 9.85. The lowest BCUT2D eigenvalue weighted by molar-refractivity contribution is -0.139.